The van der Waals surface area contributed by atoms with Gasteiger partial charge in [0.2, 0.25) is 0 Å². The van der Waals surface area contributed by atoms with Gasteiger partial charge in [-0.3, -0.25) is 0 Å². The largest absolute Gasteiger partial charge is 0.272 e. The fourth-order valence-electron chi connectivity index (χ4n) is 1.68. The average molecular weight is 249 g/mol. The Hall–Kier alpha value is -1.43. The van der Waals surface area contributed by atoms with Crippen molar-refractivity contribution >= 4 is 20.8 Å². The molecule has 1 radical (unpaired) electrons. The van der Waals surface area contributed by atoms with Gasteiger partial charge in [0.05, 0.1) is 4.90 Å². The predicted molar refractivity (Wildman–Crippen MR) is 67.0 cm³/mol. The van der Waals surface area contributed by atoms with E-state index in [0.717, 1.165) is 5.39 Å². The number of hydrogen-bond donors (Lipinski definition) is 0. The maximum atomic E-state index is 12.0. The maximum Gasteiger partial charge on any atom is 0.272 e. The molecule has 0 bridgehead atoms. The second-order valence-corrected chi connectivity index (χ2v) is 5.43. The Balaban J connectivity index is 2.63. The minimum atomic E-state index is -3.64. The Morgan fingerprint density at radius 2 is 1.65 bits per heavy atom. The molecule has 0 aromatic heterocycles. The van der Waals surface area contributed by atoms with E-state index in [4.69, 9.17) is 0 Å². The summed E-state index contributed by atoms with van der Waals surface area (Å²) in [5.41, 5.74) is 0. The molecule has 0 aliphatic carbocycles. The normalized spacial score (nSPS) is 12.2. The van der Waals surface area contributed by atoms with Crippen molar-refractivity contribution < 1.29 is 8.42 Å². The molecule has 89 valence electrons. The van der Waals surface area contributed by atoms with Gasteiger partial charge in [-0.25, -0.2) is 13.4 Å². The van der Waals surface area contributed by atoms with E-state index in [1.807, 2.05) is 24.3 Å². The molecule has 0 saturated carbocycles. The molecule has 2 aromatic rings. The molecule has 0 heterocycles. The summed E-state index contributed by atoms with van der Waals surface area (Å²) in [6.07, 6.45) is 0. The number of nitrogens with zero attached hydrogens (tertiary/aromatic N) is 2. The lowest BCUT2D eigenvalue weighted by molar-refractivity contribution is 0.356. The van der Waals surface area contributed by atoms with Crippen molar-refractivity contribution in [3.63, 3.8) is 0 Å². The minimum absolute atomic E-state index is 0.240. The molecule has 0 unspecified atom stereocenters. The molecular formula is C12H13N2O2S. The van der Waals surface area contributed by atoms with Gasteiger partial charge >= 0.3 is 0 Å². The van der Waals surface area contributed by atoms with E-state index in [1.54, 1.807) is 32.3 Å². The van der Waals surface area contributed by atoms with Crippen molar-refractivity contribution in [1.82, 2.24) is 9.84 Å². The fraction of sp³-hybridized carbons (Fsp3) is 0.167. The van der Waals surface area contributed by atoms with Crippen LogP contribution in [0.1, 0.15) is 0 Å². The van der Waals surface area contributed by atoms with Crippen LogP contribution >= 0.6 is 0 Å². The third-order valence-corrected chi connectivity index (χ3v) is 3.75. The first-order chi connectivity index (χ1) is 8.00. The first kappa shape index (κ1) is 12.0. The molecule has 17 heavy (non-hydrogen) atoms. The third kappa shape index (κ3) is 2.46. The van der Waals surface area contributed by atoms with Crippen LogP contribution in [0.25, 0.3) is 10.8 Å². The highest BCUT2D eigenvalue weighted by molar-refractivity contribution is 7.89. The summed E-state index contributed by atoms with van der Waals surface area (Å²) in [6, 6.07) is 12.5. The molecule has 2 aromatic carbocycles. The molecule has 0 aliphatic heterocycles. The second-order valence-electron chi connectivity index (χ2n) is 3.88. The second kappa shape index (κ2) is 4.44. The van der Waals surface area contributed by atoms with Crippen molar-refractivity contribution in [2.75, 3.05) is 14.1 Å². The highest BCUT2D eigenvalue weighted by atomic mass is 32.2. The van der Waals surface area contributed by atoms with Crippen molar-refractivity contribution in [2.24, 2.45) is 0 Å². The maximum absolute atomic E-state index is 12.0. The Bertz CT molecular complexity index is 631. The van der Waals surface area contributed by atoms with Crippen molar-refractivity contribution in [3.05, 3.63) is 42.5 Å². The Morgan fingerprint density at radius 1 is 1.00 bits per heavy atom. The molecule has 0 N–H and O–H groups in total. The van der Waals surface area contributed by atoms with Crippen LogP contribution in [0.3, 0.4) is 0 Å². The molecule has 0 fully saturated rings. The summed E-state index contributed by atoms with van der Waals surface area (Å²) in [5.74, 6) is 0. The summed E-state index contributed by atoms with van der Waals surface area (Å²) in [6.45, 7) is 0. The van der Waals surface area contributed by atoms with Crippen LogP contribution in [0, 0.1) is 0 Å². The highest BCUT2D eigenvalue weighted by Crippen LogP contribution is 2.22. The first-order valence-corrected chi connectivity index (χ1v) is 6.58. The fourth-order valence-corrected chi connectivity index (χ4v) is 2.91. The minimum Gasteiger partial charge on any atom is -0.217 e. The molecule has 0 atom stereocenters. The third-order valence-electron chi connectivity index (χ3n) is 2.30. The molecule has 0 spiro atoms. The predicted octanol–water partition coefficient (Wildman–Crippen LogP) is 1.61. The van der Waals surface area contributed by atoms with Crippen molar-refractivity contribution in [1.29, 1.82) is 0 Å². The van der Waals surface area contributed by atoms with Gasteiger partial charge in [-0.15, -0.1) is 0 Å². The van der Waals surface area contributed by atoms with Gasteiger partial charge in [0.15, 0.2) is 0 Å². The lowest BCUT2D eigenvalue weighted by Gasteiger charge is -2.11. The summed E-state index contributed by atoms with van der Waals surface area (Å²) in [4.78, 5) is 3.88. The van der Waals surface area contributed by atoms with Crippen LogP contribution in [-0.4, -0.2) is 27.5 Å². The van der Waals surface area contributed by atoms with Gasteiger partial charge in [0, 0.05) is 19.5 Å². The SMILES string of the molecule is CN(C)[N]S(=O)(=O)c1cccc2ccccc12. The summed E-state index contributed by atoms with van der Waals surface area (Å²) >= 11 is 0. The monoisotopic (exact) mass is 249 g/mol. The molecule has 4 nitrogen and oxygen atoms in total. The van der Waals surface area contributed by atoms with Crippen LogP contribution in [0.4, 0.5) is 0 Å². The molecule has 0 saturated heterocycles. The van der Waals surface area contributed by atoms with E-state index in [2.05, 4.69) is 4.83 Å². The Morgan fingerprint density at radius 3 is 2.35 bits per heavy atom. The lowest BCUT2D eigenvalue weighted by atomic mass is 10.1. The van der Waals surface area contributed by atoms with Gasteiger partial charge in [0.25, 0.3) is 10.0 Å². The number of fused-ring (bicyclic) bond motifs is 1. The number of sulfonamides is 1. The van der Waals surface area contributed by atoms with E-state index in [9.17, 15) is 8.42 Å². The zero-order valence-electron chi connectivity index (χ0n) is 9.66. The molecule has 0 aliphatic rings. The molecule has 2 rings (SSSR count). The standard InChI is InChI=1S/C12H13N2O2S/c1-14(2)13-17(15,16)12-9-5-7-10-6-3-4-8-11(10)12/h3-9H,1-2H3. The van der Waals surface area contributed by atoms with Crippen LogP contribution < -0.4 is 4.83 Å². The smallest absolute Gasteiger partial charge is 0.217 e. The Kier molecular flexibility index (Phi) is 3.15. The van der Waals surface area contributed by atoms with Crippen LogP contribution in [-0.2, 0) is 10.0 Å². The van der Waals surface area contributed by atoms with E-state index in [0.29, 0.717) is 5.39 Å². The van der Waals surface area contributed by atoms with Gasteiger partial charge < -0.3 is 0 Å². The zero-order chi connectivity index (χ0) is 12.5. The Labute approximate surface area is 101 Å². The van der Waals surface area contributed by atoms with Crippen molar-refractivity contribution in [2.45, 2.75) is 4.90 Å². The van der Waals surface area contributed by atoms with Gasteiger partial charge in [-0.05, 0) is 16.3 Å². The van der Waals surface area contributed by atoms with Gasteiger partial charge in [0.1, 0.15) is 0 Å². The molecular weight excluding hydrogens is 236 g/mol. The van der Waals surface area contributed by atoms with Crippen molar-refractivity contribution in [3.8, 4) is 0 Å². The number of benzene rings is 2. The zero-order valence-corrected chi connectivity index (χ0v) is 10.5. The van der Waals surface area contributed by atoms with Crippen LogP contribution in [0.5, 0.6) is 0 Å². The summed E-state index contributed by atoms with van der Waals surface area (Å²) in [5, 5.41) is 2.88. The average Bonchev–Trinajstić information content (AvgIpc) is 2.26. The van der Waals surface area contributed by atoms with Crippen LogP contribution in [0.15, 0.2) is 47.4 Å². The lowest BCUT2D eigenvalue weighted by Crippen LogP contribution is -2.29. The molecule has 5 heteroatoms. The molecule has 0 amide bonds. The number of rotatable bonds is 3. The van der Waals surface area contributed by atoms with Crippen LogP contribution in [0.2, 0.25) is 0 Å². The van der Waals surface area contributed by atoms with Gasteiger partial charge in [-0.2, -0.15) is 0 Å². The van der Waals surface area contributed by atoms with E-state index >= 15 is 0 Å². The van der Waals surface area contributed by atoms with E-state index in [1.165, 1.54) is 5.01 Å². The van der Waals surface area contributed by atoms with Gasteiger partial charge in [-0.1, -0.05) is 36.4 Å². The van der Waals surface area contributed by atoms with E-state index in [-0.39, 0.29) is 4.90 Å². The quantitative estimate of drug-likeness (QED) is 0.776. The highest BCUT2D eigenvalue weighted by Gasteiger charge is 2.19. The number of hydrogen-bond acceptors (Lipinski definition) is 3. The topological polar surface area (TPSA) is 51.5 Å². The first-order valence-electron chi connectivity index (χ1n) is 5.14. The summed E-state index contributed by atoms with van der Waals surface area (Å²) in [7, 11) is -0.463. The summed E-state index contributed by atoms with van der Waals surface area (Å²) < 4.78 is 24.1. The van der Waals surface area contributed by atoms with E-state index < -0.39 is 10.0 Å².